The summed E-state index contributed by atoms with van der Waals surface area (Å²) in [6.07, 6.45) is -4.42. The van der Waals surface area contributed by atoms with E-state index in [2.05, 4.69) is 15.9 Å². The van der Waals surface area contributed by atoms with Crippen molar-refractivity contribution in [2.75, 3.05) is 0 Å². The number of aliphatic carboxylic acids is 1. The molecule has 0 radical (unpaired) electrons. The van der Waals surface area contributed by atoms with Gasteiger partial charge in [0.25, 0.3) is 0 Å². The number of hydrogen-bond acceptors (Lipinski definition) is 2. The lowest BCUT2D eigenvalue weighted by atomic mass is 9.84. The number of fused-ring (bicyclic) bond motifs is 1. The van der Waals surface area contributed by atoms with Crippen LogP contribution in [-0.2, 0) is 4.79 Å². The Labute approximate surface area is 144 Å². The molecule has 1 heterocycles. The Hall–Kier alpha value is -1.21. The Morgan fingerprint density at radius 1 is 1.48 bits per heavy atom. The first-order valence-electron chi connectivity index (χ1n) is 6.72. The maximum absolute atomic E-state index is 13.6. The van der Waals surface area contributed by atoms with E-state index in [1.165, 1.54) is 19.1 Å². The van der Waals surface area contributed by atoms with Gasteiger partial charge < -0.3 is 9.84 Å². The van der Waals surface area contributed by atoms with Crippen LogP contribution in [0.4, 0.5) is 13.2 Å². The molecule has 0 bridgehead atoms. The smallest absolute Gasteiger partial charge is 0.432 e. The van der Waals surface area contributed by atoms with Crippen molar-refractivity contribution in [2.45, 2.75) is 36.9 Å². The highest BCUT2D eigenvalue weighted by molar-refractivity contribution is 9.09. The van der Waals surface area contributed by atoms with Crippen molar-refractivity contribution >= 4 is 39.6 Å². The second-order valence-corrected chi connectivity index (χ2v) is 6.91. The van der Waals surface area contributed by atoms with Gasteiger partial charge >= 0.3 is 12.1 Å². The van der Waals surface area contributed by atoms with Crippen molar-refractivity contribution in [3.63, 3.8) is 0 Å². The van der Waals surface area contributed by atoms with Crippen molar-refractivity contribution in [2.24, 2.45) is 0 Å². The number of hydrogen-bond donors (Lipinski definition) is 1. The molecule has 0 aliphatic carbocycles. The van der Waals surface area contributed by atoms with Crippen molar-refractivity contribution in [1.82, 2.24) is 0 Å². The van der Waals surface area contributed by atoms with Crippen molar-refractivity contribution < 1.29 is 27.8 Å². The molecule has 1 N–H and O–H groups in total. The summed E-state index contributed by atoms with van der Waals surface area (Å²) in [7, 11) is 0. The van der Waals surface area contributed by atoms with Crippen molar-refractivity contribution in [1.29, 1.82) is 0 Å². The summed E-state index contributed by atoms with van der Waals surface area (Å²) in [5.41, 5.74) is -3.01. The van der Waals surface area contributed by atoms with Gasteiger partial charge in [0.05, 0.1) is 5.57 Å². The number of carboxylic acids is 1. The second kappa shape index (κ2) is 6.02. The topological polar surface area (TPSA) is 46.5 Å². The Morgan fingerprint density at radius 3 is 2.52 bits per heavy atom. The molecule has 2 atom stereocenters. The molecule has 0 saturated carbocycles. The fourth-order valence-corrected chi connectivity index (χ4v) is 3.60. The quantitative estimate of drug-likeness (QED) is 0.678. The zero-order valence-corrected chi connectivity index (χ0v) is 14.5. The molecule has 1 aliphatic rings. The highest BCUT2D eigenvalue weighted by atomic mass is 79.9. The Kier molecular flexibility index (Phi) is 4.74. The van der Waals surface area contributed by atoms with Crippen LogP contribution >= 0.6 is 27.5 Å². The number of halogens is 5. The predicted molar refractivity (Wildman–Crippen MR) is 84.1 cm³/mol. The number of benzene rings is 1. The zero-order chi connectivity index (χ0) is 17.6. The average Bonchev–Trinajstić information content (AvgIpc) is 2.43. The minimum atomic E-state index is -4.87. The molecule has 0 amide bonds. The maximum atomic E-state index is 13.6. The number of carbonyl (C=O) groups is 1. The lowest BCUT2D eigenvalue weighted by Gasteiger charge is -2.39. The van der Waals surface area contributed by atoms with Gasteiger partial charge in [0.1, 0.15) is 5.75 Å². The van der Waals surface area contributed by atoms with E-state index in [4.69, 9.17) is 16.3 Å². The van der Waals surface area contributed by atoms with Gasteiger partial charge in [0.15, 0.2) is 0 Å². The number of carboxylic acid groups (broad SMARTS) is 1. The fraction of sp³-hybridized carbons (Fsp3) is 0.400. The van der Waals surface area contributed by atoms with Crippen LogP contribution in [0.1, 0.15) is 36.2 Å². The summed E-state index contributed by atoms with van der Waals surface area (Å²) in [5.74, 6) is -1.72. The highest BCUT2D eigenvalue weighted by Gasteiger charge is 2.62. The third-order valence-corrected chi connectivity index (χ3v) is 4.57. The molecule has 1 aromatic rings. The van der Waals surface area contributed by atoms with Crippen molar-refractivity contribution in [3.8, 4) is 5.75 Å². The minimum Gasteiger partial charge on any atom is -0.478 e. The molecule has 0 aromatic heterocycles. The van der Waals surface area contributed by atoms with E-state index < -0.39 is 29.7 Å². The monoisotopic (exact) mass is 412 g/mol. The molecule has 2 rings (SSSR count). The lowest BCUT2D eigenvalue weighted by Crippen LogP contribution is -2.54. The van der Waals surface area contributed by atoms with Gasteiger partial charge in [-0.3, -0.25) is 0 Å². The maximum Gasteiger partial charge on any atom is 0.432 e. The summed E-state index contributed by atoms with van der Waals surface area (Å²) in [4.78, 5) is 11.2. The van der Waals surface area contributed by atoms with Crippen LogP contribution in [0.15, 0.2) is 17.7 Å². The van der Waals surface area contributed by atoms with Gasteiger partial charge in [0.2, 0.25) is 5.60 Å². The van der Waals surface area contributed by atoms with E-state index in [1.807, 2.05) is 0 Å². The largest absolute Gasteiger partial charge is 0.478 e. The molecular formula is C15H13BrClF3O3. The molecule has 8 heteroatoms. The van der Waals surface area contributed by atoms with Gasteiger partial charge in [0, 0.05) is 15.4 Å². The van der Waals surface area contributed by atoms with Crippen LogP contribution in [0.25, 0.3) is 6.08 Å². The van der Waals surface area contributed by atoms with Gasteiger partial charge in [-0.25, -0.2) is 4.79 Å². The number of alkyl halides is 4. The van der Waals surface area contributed by atoms with Gasteiger partial charge in [-0.05, 0) is 37.1 Å². The van der Waals surface area contributed by atoms with Gasteiger partial charge in [-0.2, -0.15) is 13.2 Å². The average molecular weight is 414 g/mol. The first kappa shape index (κ1) is 18.1. The molecular weight excluding hydrogens is 401 g/mol. The molecule has 3 nitrogen and oxygen atoms in total. The molecule has 0 saturated heterocycles. The molecule has 23 heavy (non-hydrogen) atoms. The van der Waals surface area contributed by atoms with E-state index >= 15 is 0 Å². The second-order valence-electron chi connectivity index (χ2n) is 5.13. The third-order valence-electron chi connectivity index (χ3n) is 3.79. The molecule has 126 valence electrons. The van der Waals surface area contributed by atoms with Crippen LogP contribution in [0.5, 0.6) is 5.75 Å². The summed E-state index contributed by atoms with van der Waals surface area (Å²) < 4.78 is 45.9. The first-order valence-corrected chi connectivity index (χ1v) is 8.02. The minimum absolute atomic E-state index is 0.0418. The molecule has 0 spiro atoms. The fourth-order valence-electron chi connectivity index (χ4n) is 2.64. The molecule has 1 aromatic carbocycles. The summed E-state index contributed by atoms with van der Waals surface area (Å²) >= 11 is 9.41. The highest BCUT2D eigenvalue weighted by Crippen LogP contribution is 2.50. The SMILES string of the molecule is CCC1(C(F)(F)F)Oc2ccc(Cl)c(C(C)Br)c2C=C1C(=O)O. The molecule has 1 aliphatic heterocycles. The Bertz CT molecular complexity index is 685. The van der Waals surface area contributed by atoms with Crippen LogP contribution in [0.2, 0.25) is 5.02 Å². The normalized spacial score (nSPS) is 22.0. The standard InChI is InChI=1S/C15H13BrClF3O3/c1-3-14(15(18,19)20)9(13(21)22)6-8-11(23-14)5-4-10(17)12(8)7(2)16/h4-7H,3H2,1-2H3,(H,21,22). The summed E-state index contributed by atoms with van der Waals surface area (Å²) in [6, 6.07) is 2.76. The molecule has 2 unspecified atom stereocenters. The lowest BCUT2D eigenvalue weighted by molar-refractivity contribution is -0.236. The predicted octanol–water partition coefficient (Wildman–Crippen LogP) is 5.37. The first-order chi connectivity index (χ1) is 10.5. The molecule has 0 fully saturated rings. The van der Waals surface area contributed by atoms with Gasteiger partial charge in [-0.15, -0.1) is 0 Å². The zero-order valence-electron chi connectivity index (χ0n) is 12.2. The van der Waals surface area contributed by atoms with Crippen molar-refractivity contribution in [3.05, 3.63) is 33.9 Å². The van der Waals surface area contributed by atoms with E-state index in [1.54, 1.807) is 6.92 Å². The van der Waals surface area contributed by atoms with E-state index in [0.717, 1.165) is 6.08 Å². The Morgan fingerprint density at radius 2 is 2.09 bits per heavy atom. The van der Waals surface area contributed by atoms with E-state index in [9.17, 15) is 23.1 Å². The van der Waals surface area contributed by atoms with Crippen LogP contribution in [0, 0.1) is 0 Å². The van der Waals surface area contributed by atoms with Crippen LogP contribution in [-0.4, -0.2) is 22.9 Å². The number of ether oxygens (including phenoxy) is 1. The van der Waals surface area contributed by atoms with Crippen LogP contribution in [0.3, 0.4) is 0 Å². The summed E-state index contributed by atoms with van der Waals surface area (Å²) in [5, 5.41) is 9.61. The summed E-state index contributed by atoms with van der Waals surface area (Å²) in [6.45, 7) is 2.97. The Balaban J connectivity index is 2.80. The van der Waals surface area contributed by atoms with E-state index in [0.29, 0.717) is 10.6 Å². The van der Waals surface area contributed by atoms with Gasteiger partial charge in [-0.1, -0.05) is 34.5 Å². The third kappa shape index (κ3) is 2.85. The number of rotatable bonds is 3. The van der Waals surface area contributed by atoms with Crippen LogP contribution < -0.4 is 4.74 Å². The van der Waals surface area contributed by atoms with E-state index in [-0.39, 0.29) is 16.1 Å².